The number of hydrogen-bond donors (Lipinski definition) is 2. The first-order valence-electron chi connectivity index (χ1n) is 5.35. The summed E-state index contributed by atoms with van der Waals surface area (Å²) in [5.41, 5.74) is 0.525. The highest BCUT2D eigenvalue weighted by Crippen LogP contribution is 2.30. The van der Waals surface area contributed by atoms with Crippen molar-refractivity contribution >= 4 is 0 Å². The van der Waals surface area contributed by atoms with E-state index < -0.39 is 6.36 Å². The molecule has 94 valence electrons. The molecule has 0 amide bonds. The number of para-hydroxylation sites is 1. The summed E-state index contributed by atoms with van der Waals surface area (Å²) in [5.74, 6) is -0.138. The molecule has 1 heterocycles. The second kappa shape index (κ2) is 4.93. The Hall–Kier alpha value is -1.27. The monoisotopic (exact) mass is 246 g/mol. The Kier molecular flexibility index (Phi) is 3.54. The SMILES string of the molecule is FC(F)(F)Oc1ccccc1C1CNCCN1. The van der Waals surface area contributed by atoms with E-state index in [1.165, 1.54) is 12.1 Å². The van der Waals surface area contributed by atoms with Crippen LogP contribution in [0.25, 0.3) is 0 Å². The lowest BCUT2D eigenvalue weighted by atomic mass is 10.0. The Morgan fingerprint density at radius 2 is 1.94 bits per heavy atom. The molecule has 0 saturated carbocycles. The van der Waals surface area contributed by atoms with Crippen LogP contribution in [-0.4, -0.2) is 26.0 Å². The summed E-state index contributed by atoms with van der Waals surface area (Å²) < 4.78 is 40.7. The fourth-order valence-corrected chi connectivity index (χ4v) is 1.86. The van der Waals surface area contributed by atoms with Crippen LogP contribution in [0.4, 0.5) is 13.2 Å². The Morgan fingerprint density at radius 3 is 2.59 bits per heavy atom. The number of ether oxygens (including phenoxy) is 1. The molecule has 1 aromatic rings. The molecule has 1 saturated heterocycles. The van der Waals surface area contributed by atoms with Gasteiger partial charge in [-0.05, 0) is 6.07 Å². The summed E-state index contributed by atoms with van der Waals surface area (Å²) in [7, 11) is 0. The van der Waals surface area contributed by atoms with Crippen LogP contribution in [0.15, 0.2) is 24.3 Å². The minimum Gasteiger partial charge on any atom is -0.405 e. The van der Waals surface area contributed by atoms with Crippen LogP contribution >= 0.6 is 0 Å². The van der Waals surface area contributed by atoms with Crippen molar-refractivity contribution in [2.45, 2.75) is 12.4 Å². The first-order valence-corrected chi connectivity index (χ1v) is 5.35. The van der Waals surface area contributed by atoms with Gasteiger partial charge in [-0.2, -0.15) is 0 Å². The lowest BCUT2D eigenvalue weighted by Crippen LogP contribution is -2.42. The molecule has 1 atom stereocenters. The van der Waals surface area contributed by atoms with E-state index in [9.17, 15) is 13.2 Å². The first kappa shape index (κ1) is 12.2. The highest BCUT2D eigenvalue weighted by Gasteiger charge is 2.33. The largest absolute Gasteiger partial charge is 0.573 e. The maximum absolute atomic E-state index is 12.2. The van der Waals surface area contributed by atoms with Gasteiger partial charge in [0.25, 0.3) is 0 Å². The molecule has 0 spiro atoms. The Morgan fingerprint density at radius 1 is 1.18 bits per heavy atom. The third kappa shape index (κ3) is 3.34. The van der Waals surface area contributed by atoms with E-state index in [1.54, 1.807) is 12.1 Å². The highest BCUT2D eigenvalue weighted by molar-refractivity contribution is 5.36. The summed E-state index contributed by atoms with van der Waals surface area (Å²) in [6.45, 7) is 2.14. The lowest BCUT2D eigenvalue weighted by Gasteiger charge is -2.26. The molecule has 0 aliphatic carbocycles. The quantitative estimate of drug-likeness (QED) is 0.835. The zero-order valence-electron chi connectivity index (χ0n) is 9.05. The molecule has 1 aromatic carbocycles. The molecule has 0 aromatic heterocycles. The molecule has 2 N–H and O–H groups in total. The minimum absolute atomic E-state index is 0.138. The molecule has 1 aliphatic heterocycles. The topological polar surface area (TPSA) is 33.3 Å². The number of rotatable bonds is 2. The van der Waals surface area contributed by atoms with Crippen molar-refractivity contribution in [1.82, 2.24) is 10.6 Å². The van der Waals surface area contributed by atoms with E-state index in [1.807, 2.05) is 0 Å². The average Bonchev–Trinajstić information content (AvgIpc) is 2.29. The van der Waals surface area contributed by atoms with Crippen LogP contribution in [-0.2, 0) is 0 Å². The summed E-state index contributed by atoms with van der Waals surface area (Å²) >= 11 is 0. The zero-order valence-corrected chi connectivity index (χ0v) is 9.05. The molecule has 1 fully saturated rings. The van der Waals surface area contributed by atoms with Gasteiger partial charge in [0.05, 0.1) is 0 Å². The van der Waals surface area contributed by atoms with Crippen molar-refractivity contribution in [1.29, 1.82) is 0 Å². The third-order valence-corrected chi connectivity index (χ3v) is 2.56. The summed E-state index contributed by atoms with van der Waals surface area (Å²) in [5, 5.41) is 6.28. The van der Waals surface area contributed by atoms with E-state index in [0.717, 1.165) is 13.1 Å². The molecule has 0 bridgehead atoms. The van der Waals surface area contributed by atoms with E-state index in [2.05, 4.69) is 15.4 Å². The minimum atomic E-state index is -4.65. The molecule has 1 aliphatic rings. The average molecular weight is 246 g/mol. The van der Waals surface area contributed by atoms with Gasteiger partial charge in [0.2, 0.25) is 0 Å². The smallest absolute Gasteiger partial charge is 0.405 e. The number of benzene rings is 1. The predicted octanol–water partition coefficient (Wildman–Crippen LogP) is 1.82. The first-order chi connectivity index (χ1) is 8.06. The second-order valence-electron chi connectivity index (χ2n) is 3.80. The number of halogens is 3. The van der Waals surface area contributed by atoms with Gasteiger partial charge in [-0.3, -0.25) is 0 Å². The Balaban J connectivity index is 2.20. The predicted molar refractivity (Wildman–Crippen MR) is 56.7 cm³/mol. The van der Waals surface area contributed by atoms with Gasteiger partial charge in [-0.1, -0.05) is 18.2 Å². The van der Waals surface area contributed by atoms with Gasteiger partial charge in [0.1, 0.15) is 5.75 Å². The van der Waals surface area contributed by atoms with Gasteiger partial charge in [0.15, 0.2) is 0 Å². The lowest BCUT2D eigenvalue weighted by molar-refractivity contribution is -0.275. The molecule has 3 nitrogen and oxygen atoms in total. The van der Waals surface area contributed by atoms with Crippen molar-refractivity contribution in [2.24, 2.45) is 0 Å². The van der Waals surface area contributed by atoms with Crippen molar-refractivity contribution in [2.75, 3.05) is 19.6 Å². The molecule has 0 radical (unpaired) electrons. The van der Waals surface area contributed by atoms with Crippen molar-refractivity contribution < 1.29 is 17.9 Å². The standard InChI is InChI=1S/C11H13F3N2O/c12-11(13,14)17-10-4-2-1-3-8(10)9-7-15-5-6-16-9/h1-4,9,15-16H,5-7H2. The van der Waals surface area contributed by atoms with E-state index in [0.29, 0.717) is 12.1 Å². The molecule has 2 rings (SSSR count). The Bertz CT molecular complexity index is 375. The maximum Gasteiger partial charge on any atom is 0.573 e. The molecular formula is C11H13F3N2O. The fourth-order valence-electron chi connectivity index (χ4n) is 1.86. The van der Waals surface area contributed by atoms with E-state index >= 15 is 0 Å². The van der Waals surface area contributed by atoms with Crippen molar-refractivity contribution in [3.63, 3.8) is 0 Å². The highest BCUT2D eigenvalue weighted by atomic mass is 19.4. The van der Waals surface area contributed by atoms with Crippen LogP contribution in [0, 0.1) is 0 Å². The van der Waals surface area contributed by atoms with Crippen molar-refractivity contribution in [3.8, 4) is 5.75 Å². The third-order valence-electron chi connectivity index (χ3n) is 2.56. The van der Waals surface area contributed by atoms with Gasteiger partial charge in [0, 0.05) is 31.2 Å². The molecule has 1 unspecified atom stereocenters. The van der Waals surface area contributed by atoms with Crippen LogP contribution in [0.1, 0.15) is 11.6 Å². The van der Waals surface area contributed by atoms with Crippen LogP contribution < -0.4 is 15.4 Å². The van der Waals surface area contributed by atoms with Crippen LogP contribution in [0.2, 0.25) is 0 Å². The van der Waals surface area contributed by atoms with Crippen molar-refractivity contribution in [3.05, 3.63) is 29.8 Å². The number of piperazine rings is 1. The molecule has 17 heavy (non-hydrogen) atoms. The molecule has 6 heteroatoms. The van der Waals surface area contributed by atoms with E-state index in [4.69, 9.17) is 0 Å². The summed E-state index contributed by atoms with van der Waals surface area (Å²) in [4.78, 5) is 0. The Labute approximate surface area is 97.0 Å². The zero-order chi connectivity index (χ0) is 12.3. The van der Waals surface area contributed by atoms with Gasteiger partial charge in [-0.15, -0.1) is 13.2 Å². The second-order valence-corrected chi connectivity index (χ2v) is 3.80. The molecular weight excluding hydrogens is 233 g/mol. The number of nitrogens with one attached hydrogen (secondary N) is 2. The number of hydrogen-bond acceptors (Lipinski definition) is 3. The van der Waals surface area contributed by atoms with Gasteiger partial charge < -0.3 is 15.4 Å². The fraction of sp³-hybridized carbons (Fsp3) is 0.455. The van der Waals surface area contributed by atoms with Crippen LogP contribution in [0.3, 0.4) is 0 Å². The van der Waals surface area contributed by atoms with Gasteiger partial charge >= 0.3 is 6.36 Å². The van der Waals surface area contributed by atoms with Gasteiger partial charge in [-0.25, -0.2) is 0 Å². The summed E-state index contributed by atoms with van der Waals surface area (Å²) in [6.07, 6.45) is -4.65. The summed E-state index contributed by atoms with van der Waals surface area (Å²) in [6, 6.07) is 6.06. The number of alkyl halides is 3. The van der Waals surface area contributed by atoms with E-state index in [-0.39, 0.29) is 11.8 Å². The van der Waals surface area contributed by atoms with Crippen LogP contribution in [0.5, 0.6) is 5.75 Å². The maximum atomic E-state index is 12.2. The normalized spacial score (nSPS) is 21.2.